The first-order chi connectivity index (χ1) is 14.9. The third kappa shape index (κ3) is 3.64. The van der Waals surface area contributed by atoms with Crippen LogP contribution in [0.4, 0.5) is 4.79 Å². The van der Waals surface area contributed by atoms with E-state index in [1.54, 1.807) is 31.2 Å². The number of urea groups is 1. The molecule has 2 N–H and O–H groups in total. The summed E-state index contributed by atoms with van der Waals surface area (Å²) in [6, 6.07) is 9.25. The lowest BCUT2D eigenvalue weighted by Gasteiger charge is -2.04. The molecule has 1 atom stereocenters. The fourth-order valence-electron chi connectivity index (χ4n) is 3.38. The predicted molar refractivity (Wildman–Crippen MR) is 107 cm³/mol. The number of fused-ring (bicyclic) bond motifs is 2. The van der Waals surface area contributed by atoms with Gasteiger partial charge in [-0.05, 0) is 29.8 Å². The van der Waals surface area contributed by atoms with Gasteiger partial charge in [0.25, 0.3) is 11.8 Å². The molecule has 0 saturated carbocycles. The minimum Gasteiger partial charge on any atom is -0.497 e. The standard InChI is InChI=1S/C11H6N4O3.C10H11NO2/c12-4-6-5-3-8(18-7(5)1-2-13-6)9-10(16)15-11(17)14-9;1-11-6-7-3-4-8(13-2)5-9(7)10(11)12/h1-3,9H,(H2,14,15,16,17);3-5H,6H2,1-2H3. The Bertz CT molecular complexity index is 1260. The second-order valence-electron chi connectivity index (χ2n) is 6.91. The van der Waals surface area contributed by atoms with Crippen molar-refractivity contribution in [2.24, 2.45) is 0 Å². The van der Waals surface area contributed by atoms with E-state index >= 15 is 0 Å². The topological polar surface area (TPSA) is 138 Å². The maximum atomic E-state index is 11.5. The third-order valence-corrected chi connectivity index (χ3v) is 4.93. The van der Waals surface area contributed by atoms with Crippen LogP contribution in [0.1, 0.15) is 33.4 Å². The van der Waals surface area contributed by atoms with E-state index in [1.165, 1.54) is 12.3 Å². The maximum Gasteiger partial charge on any atom is 0.322 e. The summed E-state index contributed by atoms with van der Waals surface area (Å²) in [6.07, 6.45) is 1.45. The highest BCUT2D eigenvalue weighted by Gasteiger charge is 2.33. The summed E-state index contributed by atoms with van der Waals surface area (Å²) in [4.78, 5) is 39.6. The summed E-state index contributed by atoms with van der Waals surface area (Å²) in [7, 11) is 3.40. The fourth-order valence-corrected chi connectivity index (χ4v) is 3.38. The number of carbonyl (C=O) groups is 3. The Labute approximate surface area is 176 Å². The van der Waals surface area contributed by atoms with E-state index in [0.717, 1.165) is 16.9 Å². The van der Waals surface area contributed by atoms with Crippen molar-refractivity contribution in [3.05, 3.63) is 59.1 Å². The fraction of sp³-hybridized carbons (Fsp3) is 0.190. The highest BCUT2D eigenvalue weighted by atomic mass is 16.5. The van der Waals surface area contributed by atoms with Gasteiger partial charge >= 0.3 is 6.03 Å². The van der Waals surface area contributed by atoms with Gasteiger partial charge in [-0.1, -0.05) is 6.07 Å². The largest absolute Gasteiger partial charge is 0.497 e. The van der Waals surface area contributed by atoms with E-state index in [0.29, 0.717) is 17.5 Å². The van der Waals surface area contributed by atoms with Crippen LogP contribution in [0.2, 0.25) is 0 Å². The van der Waals surface area contributed by atoms with E-state index in [-0.39, 0.29) is 17.4 Å². The molecule has 1 aromatic carbocycles. The van der Waals surface area contributed by atoms with Crippen LogP contribution in [0, 0.1) is 11.3 Å². The Morgan fingerprint density at radius 1 is 1.26 bits per heavy atom. The molecule has 10 nitrogen and oxygen atoms in total. The summed E-state index contributed by atoms with van der Waals surface area (Å²) < 4.78 is 10.5. The van der Waals surface area contributed by atoms with Crippen LogP contribution in [-0.4, -0.2) is 41.9 Å². The lowest BCUT2D eigenvalue weighted by atomic mass is 10.1. The Hall–Kier alpha value is -4.39. The van der Waals surface area contributed by atoms with E-state index in [1.807, 2.05) is 18.2 Å². The zero-order valence-corrected chi connectivity index (χ0v) is 16.6. The normalized spacial score (nSPS) is 16.9. The van der Waals surface area contributed by atoms with E-state index in [2.05, 4.69) is 15.6 Å². The van der Waals surface area contributed by atoms with E-state index in [4.69, 9.17) is 14.4 Å². The van der Waals surface area contributed by atoms with Crippen LogP contribution in [0.15, 0.2) is 40.9 Å². The minimum absolute atomic E-state index is 0.0777. The molecule has 1 fully saturated rings. The second-order valence-corrected chi connectivity index (χ2v) is 6.91. The van der Waals surface area contributed by atoms with Gasteiger partial charge in [0.05, 0.1) is 12.5 Å². The van der Waals surface area contributed by atoms with Gasteiger partial charge in [0.1, 0.15) is 23.2 Å². The highest BCUT2D eigenvalue weighted by Crippen LogP contribution is 2.27. The van der Waals surface area contributed by atoms with Gasteiger partial charge in [0, 0.05) is 25.4 Å². The van der Waals surface area contributed by atoms with Crippen molar-refractivity contribution in [3.63, 3.8) is 0 Å². The monoisotopic (exact) mass is 419 g/mol. The van der Waals surface area contributed by atoms with Gasteiger partial charge in [-0.2, -0.15) is 5.26 Å². The van der Waals surface area contributed by atoms with Crippen LogP contribution in [0.25, 0.3) is 11.0 Å². The minimum atomic E-state index is -0.864. The Morgan fingerprint density at radius 3 is 2.74 bits per heavy atom. The predicted octanol–water partition coefficient (Wildman–Crippen LogP) is 1.86. The average molecular weight is 419 g/mol. The number of methoxy groups -OCH3 is 1. The zero-order valence-electron chi connectivity index (χ0n) is 16.6. The van der Waals surface area contributed by atoms with Crippen molar-refractivity contribution < 1.29 is 23.5 Å². The van der Waals surface area contributed by atoms with Gasteiger partial charge in [0.15, 0.2) is 11.7 Å². The molecule has 4 heterocycles. The smallest absolute Gasteiger partial charge is 0.322 e. The van der Waals surface area contributed by atoms with Gasteiger partial charge < -0.3 is 19.4 Å². The number of imide groups is 1. The van der Waals surface area contributed by atoms with Crippen molar-refractivity contribution in [3.8, 4) is 11.8 Å². The molecule has 10 heteroatoms. The molecule has 0 bridgehead atoms. The number of nitriles is 1. The van der Waals surface area contributed by atoms with Crippen LogP contribution in [0.3, 0.4) is 0 Å². The van der Waals surface area contributed by atoms with Gasteiger partial charge in [-0.25, -0.2) is 9.78 Å². The Kier molecular flexibility index (Phi) is 5.00. The quantitative estimate of drug-likeness (QED) is 0.605. The molecule has 4 amide bonds. The number of furan rings is 1. The first kappa shape index (κ1) is 19.9. The number of benzene rings is 1. The molecule has 1 unspecified atom stereocenters. The molecule has 5 rings (SSSR count). The molecule has 1 saturated heterocycles. The Morgan fingerprint density at radius 2 is 2.06 bits per heavy atom. The van der Waals surface area contributed by atoms with Crippen LogP contribution < -0.4 is 15.4 Å². The second kappa shape index (κ2) is 7.79. The average Bonchev–Trinajstić information content (AvgIpc) is 3.43. The number of hydrogen-bond donors (Lipinski definition) is 2. The van der Waals surface area contributed by atoms with E-state index in [9.17, 15) is 14.4 Å². The number of nitrogens with one attached hydrogen (secondary N) is 2. The number of pyridine rings is 1. The molecule has 0 radical (unpaired) electrons. The number of amides is 4. The summed E-state index contributed by atoms with van der Waals surface area (Å²) in [5, 5.41) is 13.9. The number of carbonyl (C=O) groups excluding carboxylic acids is 3. The number of nitrogens with zero attached hydrogens (tertiary/aromatic N) is 3. The zero-order chi connectivity index (χ0) is 22.1. The van der Waals surface area contributed by atoms with Gasteiger partial charge in [-0.3, -0.25) is 14.9 Å². The van der Waals surface area contributed by atoms with Crippen LogP contribution >= 0.6 is 0 Å². The Balaban J connectivity index is 0.000000158. The first-order valence-electron chi connectivity index (χ1n) is 9.23. The van der Waals surface area contributed by atoms with Gasteiger partial charge in [-0.15, -0.1) is 0 Å². The molecule has 2 aliphatic heterocycles. The maximum absolute atomic E-state index is 11.5. The lowest BCUT2D eigenvalue weighted by Crippen LogP contribution is -2.22. The number of ether oxygens (including phenoxy) is 1. The van der Waals surface area contributed by atoms with Crippen molar-refractivity contribution in [1.82, 2.24) is 20.5 Å². The number of rotatable bonds is 2. The summed E-state index contributed by atoms with van der Waals surface area (Å²) in [5.41, 5.74) is 2.51. The summed E-state index contributed by atoms with van der Waals surface area (Å²) in [5.74, 6) is 0.611. The molecule has 0 aliphatic carbocycles. The number of aromatic nitrogens is 1. The van der Waals surface area contributed by atoms with Crippen LogP contribution in [-0.2, 0) is 11.3 Å². The van der Waals surface area contributed by atoms with Crippen molar-refractivity contribution in [2.45, 2.75) is 12.6 Å². The van der Waals surface area contributed by atoms with Gasteiger partial charge in [0.2, 0.25) is 0 Å². The number of hydrogen-bond acceptors (Lipinski definition) is 7. The molecule has 156 valence electrons. The molecular formula is C21H17N5O5. The molecule has 3 aromatic rings. The first-order valence-corrected chi connectivity index (χ1v) is 9.23. The summed E-state index contributed by atoms with van der Waals surface area (Å²) >= 11 is 0. The van der Waals surface area contributed by atoms with Crippen molar-refractivity contribution in [1.29, 1.82) is 5.26 Å². The summed E-state index contributed by atoms with van der Waals surface area (Å²) in [6.45, 7) is 0.707. The van der Waals surface area contributed by atoms with Crippen molar-refractivity contribution in [2.75, 3.05) is 14.2 Å². The molecule has 0 spiro atoms. The molecule has 2 aromatic heterocycles. The lowest BCUT2D eigenvalue weighted by molar-refractivity contribution is -0.120. The third-order valence-electron chi connectivity index (χ3n) is 4.93. The highest BCUT2D eigenvalue weighted by molar-refractivity contribution is 6.04. The van der Waals surface area contributed by atoms with Crippen LogP contribution in [0.5, 0.6) is 5.75 Å². The van der Waals surface area contributed by atoms with Crippen molar-refractivity contribution >= 4 is 28.8 Å². The molecule has 31 heavy (non-hydrogen) atoms. The van der Waals surface area contributed by atoms with E-state index < -0.39 is 18.0 Å². The molecular weight excluding hydrogens is 402 g/mol. The SMILES string of the molecule is COc1ccc2c(c1)C(=O)N(C)C2.N#Cc1nccc2oc(C3NC(=O)NC3=O)cc12. The molecule has 2 aliphatic rings.